The minimum atomic E-state index is 1.08. The summed E-state index contributed by atoms with van der Waals surface area (Å²) < 4.78 is 0. The molecule has 0 saturated heterocycles. The van der Waals surface area contributed by atoms with Gasteiger partial charge >= 0.3 is 0 Å². The normalized spacial score (nSPS) is 16.2. The molecule has 0 aromatic heterocycles. The first-order chi connectivity index (χ1) is 10.9. The van der Waals surface area contributed by atoms with Crippen molar-refractivity contribution in [3.63, 3.8) is 0 Å². The molecule has 0 atom stereocenters. The average Bonchev–Trinajstić information content (AvgIpc) is 3.08. The van der Waals surface area contributed by atoms with E-state index in [1.165, 1.54) is 55.6 Å². The smallest absolute Gasteiger partial charge is 0.00130 e. The van der Waals surface area contributed by atoms with Crippen molar-refractivity contribution in [2.24, 2.45) is 0 Å². The predicted molar refractivity (Wildman–Crippen MR) is 91.9 cm³/mol. The third-order valence-corrected chi connectivity index (χ3v) is 5.45. The van der Waals surface area contributed by atoms with Crippen molar-refractivity contribution >= 4 is 12.2 Å². The molecule has 0 N–H and O–H groups in total. The molecule has 0 amide bonds. The Labute approximate surface area is 129 Å². The Hall–Kier alpha value is -2.60. The van der Waals surface area contributed by atoms with E-state index in [0.717, 1.165) is 12.8 Å². The van der Waals surface area contributed by atoms with Crippen LogP contribution in [-0.4, -0.2) is 0 Å². The van der Waals surface area contributed by atoms with Gasteiger partial charge in [0.1, 0.15) is 0 Å². The quantitative estimate of drug-likeness (QED) is 0.353. The van der Waals surface area contributed by atoms with Gasteiger partial charge in [-0.15, -0.1) is 0 Å². The van der Waals surface area contributed by atoms with Crippen LogP contribution in [0.4, 0.5) is 0 Å². The minimum absolute atomic E-state index is 1.08. The molecule has 3 aromatic carbocycles. The van der Waals surface area contributed by atoms with Crippen LogP contribution in [-0.2, 0) is 12.8 Å². The van der Waals surface area contributed by atoms with Crippen LogP contribution in [0.25, 0.3) is 34.4 Å². The van der Waals surface area contributed by atoms with Crippen molar-refractivity contribution in [2.45, 2.75) is 12.8 Å². The highest BCUT2D eigenvalue weighted by molar-refractivity contribution is 6.03. The summed E-state index contributed by atoms with van der Waals surface area (Å²) in [4.78, 5) is 0. The van der Waals surface area contributed by atoms with Crippen LogP contribution in [0.5, 0.6) is 0 Å². The fraction of sp³-hybridized carbons (Fsp3) is 0.0909. The highest BCUT2D eigenvalue weighted by Crippen LogP contribution is 2.52. The largest absolute Gasteiger partial charge is 0.0613 e. The summed E-state index contributed by atoms with van der Waals surface area (Å²) in [6, 6.07) is 18.2. The minimum Gasteiger partial charge on any atom is -0.0613 e. The molecule has 22 heavy (non-hydrogen) atoms. The number of hydrogen-bond donors (Lipinski definition) is 0. The van der Waals surface area contributed by atoms with E-state index in [0.29, 0.717) is 0 Å². The molecule has 0 radical (unpaired) electrons. The zero-order chi connectivity index (χ0) is 14.3. The molecule has 0 saturated carbocycles. The molecule has 3 aromatic rings. The van der Waals surface area contributed by atoms with Crippen LogP contribution < -0.4 is 0 Å². The second-order valence-corrected chi connectivity index (χ2v) is 6.58. The molecule has 6 rings (SSSR count). The van der Waals surface area contributed by atoms with Crippen molar-refractivity contribution in [3.8, 4) is 22.3 Å². The molecule has 3 aliphatic rings. The van der Waals surface area contributed by atoms with Gasteiger partial charge in [0.25, 0.3) is 0 Å². The molecule has 0 heteroatoms. The van der Waals surface area contributed by atoms with E-state index >= 15 is 0 Å². The van der Waals surface area contributed by atoms with Crippen molar-refractivity contribution < 1.29 is 0 Å². The summed E-state index contributed by atoms with van der Waals surface area (Å²) >= 11 is 0. The zero-order valence-corrected chi connectivity index (χ0v) is 12.2. The lowest BCUT2D eigenvalue weighted by Crippen LogP contribution is -1.92. The standard InChI is InChI=1S/C22H14/c1-3-13-7-8-14-4-2-6-16-12-18-10-9-17-11-15(5-1)19(13)21(17)22(18)20(14)16/h1-10H,11-12H2/b8-7-,13-7?,14-8?. The highest BCUT2D eigenvalue weighted by Gasteiger charge is 2.31. The first-order valence-corrected chi connectivity index (χ1v) is 7.97. The summed E-state index contributed by atoms with van der Waals surface area (Å²) in [6.07, 6.45) is 6.77. The Morgan fingerprint density at radius 3 is 1.41 bits per heavy atom. The molecule has 0 heterocycles. The van der Waals surface area contributed by atoms with Crippen LogP contribution in [0, 0.1) is 0 Å². The maximum Gasteiger partial charge on any atom is -0.00130 e. The van der Waals surface area contributed by atoms with Gasteiger partial charge in [-0.1, -0.05) is 60.7 Å². The van der Waals surface area contributed by atoms with Crippen LogP contribution >= 0.6 is 0 Å². The van der Waals surface area contributed by atoms with Gasteiger partial charge in [-0.05, 0) is 68.5 Å². The van der Waals surface area contributed by atoms with E-state index in [2.05, 4.69) is 60.7 Å². The second kappa shape index (κ2) is 3.59. The van der Waals surface area contributed by atoms with E-state index in [9.17, 15) is 0 Å². The third-order valence-electron chi connectivity index (χ3n) is 5.45. The predicted octanol–water partition coefficient (Wildman–Crippen LogP) is 5.31. The molecule has 0 unspecified atom stereocenters. The number of hydrogen-bond acceptors (Lipinski definition) is 0. The van der Waals surface area contributed by atoms with Crippen molar-refractivity contribution in [3.05, 3.63) is 81.9 Å². The molecule has 0 nitrogen and oxygen atoms in total. The SMILES string of the molecule is C1=C\c2cccc3c2-c2c(ccc4c2-c2c/1cccc2C4)C3. The van der Waals surface area contributed by atoms with E-state index in [1.807, 2.05) is 0 Å². The third kappa shape index (κ3) is 1.16. The molecule has 0 spiro atoms. The maximum absolute atomic E-state index is 2.36. The van der Waals surface area contributed by atoms with Gasteiger partial charge in [0.05, 0.1) is 0 Å². The van der Waals surface area contributed by atoms with E-state index in [4.69, 9.17) is 0 Å². The zero-order valence-electron chi connectivity index (χ0n) is 12.2. The van der Waals surface area contributed by atoms with Crippen LogP contribution in [0.3, 0.4) is 0 Å². The van der Waals surface area contributed by atoms with E-state index in [1.54, 1.807) is 0 Å². The number of benzene rings is 3. The molecule has 0 aliphatic heterocycles. The lowest BCUT2D eigenvalue weighted by molar-refractivity contribution is 1.23. The Morgan fingerprint density at radius 1 is 0.455 bits per heavy atom. The molecule has 0 bridgehead atoms. The average molecular weight is 278 g/mol. The first kappa shape index (κ1) is 11.0. The van der Waals surface area contributed by atoms with Gasteiger partial charge in [-0.3, -0.25) is 0 Å². The number of rotatable bonds is 0. The summed E-state index contributed by atoms with van der Waals surface area (Å²) in [5.74, 6) is 0. The Balaban J connectivity index is 1.89. The first-order valence-electron chi connectivity index (χ1n) is 7.97. The van der Waals surface area contributed by atoms with Crippen molar-refractivity contribution in [1.82, 2.24) is 0 Å². The maximum atomic E-state index is 2.36. The molecule has 3 aliphatic carbocycles. The Bertz CT molecular complexity index is 936. The summed E-state index contributed by atoms with van der Waals surface area (Å²) in [5, 5.41) is 0. The fourth-order valence-electron chi connectivity index (χ4n) is 4.57. The lowest BCUT2D eigenvalue weighted by atomic mass is 9.87. The van der Waals surface area contributed by atoms with Crippen LogP contribution in [0.2, 0.25) is 0 Å². The van der Waals surface area contributed by atoms with Gasteiger partial charge in [0.2, 0.25) is 0 Å². The topological polar surface area (TPSA) is 0 Å². The van der Waals surface area contributed by atoms with Crippen LogP contribution in [0.1, 0.15) is 33.4 Å². The monoisotopic (exact) mass is 278 g/mol. The van der Waals surface area contributed by atoms with Crippen LogP contribution in [0.15, 0.2) is 48.5 Å². The highest BCUT2D eigenvalue weighted by atomic mass is 14.3. The van der Waals surface area contributed by atoms with E-state index < -0.39 is 0 Å². The molecule has 102 valence electrons. The molecular weight excluding hydrogens is 264 g/mol. The Morgan fingerprint density at radius 2 is 0.909 bits per heavy atom. The molecule has 0 fully saturated rings. The second-order valence-electron chi connectivity index (χ2n) is 6.58. The summed E-state index contributed by atoms with van der Waals surface area (Å²) in [7, 11) is 0. The fourth-order valence-corrected chi connectivity index (χ4v) is 4.57. The van der Waals surface area contributed by atoms with E-state index in [-0.39, 0.29) is 0 Å². The van der Waals surface area contributed by atoms with Gasteiger partial charge in [0, 0.05) is 0 Å². The summed E-state index contributed by atoms with van der Waals surface area (Å²) in [5.41, 5.74) is 14.7. The van der Waals surface area contributed by atoms with Gasteiger partial charge < -0.3 is 0 Å². The van der Waals surface area contributed by atoms with Crippen molar-refractivity contribution in [2.75, 3.05) is 0 Å². The Kier molecular flexibility index (Phi) is 1.80. The lowest BCUT2D eigenvalue weighted by Gasteiger charge is -2.16. The van der Waals surface area contributed by atoms with Gasteiger partial charge in [-0.25, -0.2) is 0 Å². The van der Waals surface area contributed by atoms with Crippen molar-refractivity contribution in [1.29, 1.82) is 0 Å². The van der Waals surface area contributed by atoms with Gasteiger partial charge in [-0.2, -0.15) is 0 Å². The van der Waals surface area contributed by atoms with Gasteiger partial charge in [0.15, 0.2) is 0 Å². The molecular formula is C22H14. The summed E-state index contributed by atoms with van der Waals surface area (Å²) in [6.45, 7) is 0.